The Kier molecular flexibility index (Phi) is 4.79. The van der Waals surface area contributed by atoms with Crippen LogP contribution in [0.1, 0.15) is 29.6 Å². The van der Waals surface area contributed by atoms with Crippen molar-refractivity contribution in [2.75, 3.05) is 25.0 Å². The summed E-state index contributed by atoms with van der Waals surface area (Å²) in [5.74, 6) is -0.793. The van der Waals surface area contributed by atoms with Gasteiger partial charge in [0.1, 0.15) is 5.82 Å². The number of aromatic carboxylic acids is 1. The van der Waals surface area contributed by atoms with Gasteiger partial charge >= 0.3 is 5.97 Å². The third-order valence-electron chi connectivity index (χ3n) is 3.22. The molecule has 1 aliphatic heterocycles. The van der Waals surface area contributed by atoms with Crippen molar-refractivity contribution in [2.24, 2.45) is 0 Å². The third kappa shape index (κ3) is 3.60. The van der Waals surface area contributed by atoms with E-state index < -0.39 is 5.97 Å². The van der Waals surface area contributed by atoms with E-state index in [0.29, 0.717) is 5.82 Å². The highest BCUT2D eigenvalue weighted by Crippen LogP contribution is 2.18. The number of aromatic nitrogens is 1. The maximum absolute atomic E-state index is 12.0. The van der Waals surface area contributed by atoms with E-state index in [4.69, 9.17) is 16.7 Å². The molecule has 0 spiro atoms. The number of amides is 1. The fourth-order valence-electron chi connectivity index (χ4n) is 2.12. The molecule has 1 aliphatic rings. The first-order valence-corrected chi connectivity index (χ1v) is 6.86. The van der Waals surface area contributed by atoms with Gasteiger partial charge in [-0.1, -0.05) is 11.6 Å². The van der Waals surface area contributed by atoms with Gasteiger partial charge < -0.3 is 15.3 Å². The van der Waals surface area contributed by atoms with Crippen LogP contribution in [0.15, 0.2) is 12.3 Å². The van der Waals surface area contributed by atoms with E-state index in [2.05, 4.69) is 10.3 Å². The van der Waals surface area contributed by atoms with Crippen molar-refractivity contribution < 1.29 is 14.7 Å². The zero-order valence-electron chi connectivity index (χ0n) is 10.9. The number of carbonyl (C=O) groups is 2. The van der Waals surface area contributed by atoms with Gasteiger partial charge in [0.2, 0.25) is 5.91 Å². The lowest BCUT2D eigenvalue weighted by atomic mass is 10.1. The highest BCUT2D eigenvalue weighted by molar-refractivity contribution is 6.33. The second kappa shape index (κ2) is 6.56. The maximum atomic E-state index is 12.0. The second-order valence-electron chi connectivity index (χ2n) is 4.65. The molecule has 0 radical (unpaired) electrons. The zero-order valence-corrected chi connectivity index (χ0v) is 11.7. The van der Waals surface area contributed by atoms with Crippen molar-refractivity contribution in [1.29, 1.82) is 0 Å². The molecule has 108 valence electrons. The topological polar surface area (TPSA) is 82.5 Å². The van der Waals surface area contributed by atoms with E-state index in [-0.39, 0.29) is 23.0 Å². The third-order valence-corrected chi connectivity index (χ3v) is 3.52. The lowest BCUT2D eigenvalue weighted by molar-refractivity contribution is -0.130. The molecule has 0 bridgehead atoms. The number of nitrogens with zero attached hydrogens (tertiary/aromatic N) is 2. The van der Waals surface area contributed by atoms with Crippen LogP contribution >= 0.6 is 11.6 Å². The van der Waals surface area contributed by atoms with Gasteiger partial charge in [0.25, 0.3) is 0 Å². The molecule has 1 aromatic rings. The van der Waals surface area contributed by atoms with E-state index >= 15 is 0 Å². The number of likely N-dealkylation sites (tertiary alicyclic amines) is 1. The predicted octanol–water partition coefficient (Wildman–Crippen LogP) is 1.86. The largest absolute Gasteiger partial charge is 0.478 e. The predicted molar refractivity (Wildman–Crippen MR) is 75.1 cm³/mol. The first-order valence-electron chi connectivity index (χ1n) is 6.48. The SMILES string of the molecule is O=C(O)c1cc(NCC(=O)N2CCCCC2)ncc1Cl. The van der Waals surface area contributed by atoms with Gasteiger partial charge in [-0.05, 0) is 25.3 Å². The van der Waals surface area contributed by atoms with Gasteiger partial charge in [0, 0.05) is 19.3 Å². The van der Waals surface area contributed by atoms with Gasteiger partial charge in [-0.15, -0.1) is 0 Å². The van der Waals surface area contributed by atoms with Crippen LogP contribution in [0.3, 0.4) is 0 Å². The molecule has 1 saturated heterocycles. The minimum Gasteiger partial charge on any atom is -0.478 e. The number of nitrogens with one attached hydrogen (secondary N) is 1. The number of piperidine rings is 1. The molecule has 2 rings (SSSR count). The molecule has 1 aromatic heterocycles. The molecule has 0 aromatic carbocycles. The molecule has 0 saturated carbocycles. The van der Waals surface area contributed by atoms with Crippen molar-refractivity contribution >= 4 is 29.3 Å². The summed E-state index contributed by atoms with van der Waals surface area (Å²) in [6.45, 7) is 1.68. The molecule has 0 unspecified atom stereocenters. The molecule has 1 amide bonds. The summed E-state index contributed by atoms with van der Waals surface area (Å²) in [5.41, 5.74) is -0.0328. The monoisotopic (exact) mass is 297 g/mol. The second-order valence-corrected chi connectivity index (χ2v) is 5.06. The average molecular weight is 298 g/mol. The smallest absolute Gasteiger partial charge is 0.337 e. The van der Waals surface area contributed by atoms with Gasteiger partial charge in [-0.2, -0.15) is 0 Å². The van der Waals surface area contributed by atoms with Crippen LogP contribution in [0.5, 0.6) is 0 Å². The van der Waals surface area contributed by atoms with E-state index in [9.17, 15) is 9.59 Å². The number of carbonyl (C=O) groups excluding carboxylic acids is 1. The lowest BCUT2D eigenvalue weighted by Crippen LogP contribution is -2.39. The minimum atomic E-state index is -1.12. The molecule has 0 aliphatic carbocycles. The molecular weight excluding hydrogens is 282 g/mol. The maximum Gasteiger partial charge on any atom is 0.337 e. The molecule has 2 heterocycles. The highest BCUT2D eigenvalue weighted by atomic mass is 35.5. The minimum absolute atomic E-state index is 0.00155. The molecule has 1 fully saturated rings. The van der Waals surface area contributed by atoms with E-state index in [0.717, 1.165) is 32.4 Å². The fraction of sp³-hybridized carbons (Fsp3) is 0.462. The number of pyridine rings is 1. The summed E-state index contributed by atoms with van der Waals surface area (Å²) in [7, 11) is 0. The first-order chi connectivity index (χ1) is 9.58. The number of hydrogen-bond donors (Lipinski definition) is 2. The Morgan fingerprint density at radius 1 is 1.35 bits per heavy atom. The molecule has 20 heavy (non-hydrogen) atoms. The summed E-state index contributed by atoms with van der Waals surface area (Å²) < 4.78 is 0. The van der Waals surface area contributed by atoms with Crippen LogP contribution in [-0.2, 0) is 4.79 Å². The van der Waals surface area contributed by atoms with E-state index in [1.54, 1.807) is 0 Å². The van der Waals surface area contributed by atoms with E-state index in [1.165, 1.54) is 12.3 Å². The van der Waals surface area contributed by atoms with Crippen molar-refractivity contribution in [1.82, 2.24) is 9.88 Å². The Hall–Kier alpha value is -1.82. The molecular formula is C13H16ClN3O3. The van der Waals surface area contributed by atoms with Crippen LogP contribution in [0.4, 0.5) is 5.82 Å². The van der Waals surface area contributed by atoms with Crippen molar-refractivity contribution in [3.05, 3.63) is 22.8 Å². The molecule has 2 N–H and O–H groups in total. The van der Waals surface area contributed by atoms with Gasteiger partial charge in [0.15, 0.2) is 0 Å². The highest BCUT2D eigenvalue weighted by Gasteiger charge is 2.16. The lowest BCUT2D eigenvalue weighted by Gasteiger charge is -2.26. The number of carboxylic acid groups (broad SMARTS) is 1. The van der Waals surface area contributed by atoms with Crippen molar-refractivity contribution in [3.8, 4) is 0 Å². The van der Waals surface area contributed by atoms with Gasteiger partial charge in [0.05, 0.1) is 17.1 Å². The van der Waals surface area contributed by atoms with Crippen molar-refractivity contribution in [2.45, 2.75) is 19.3 Å². The fourth-order valence-corrected chi connectivity index (χ4v) is 2.30. The Morgan fingerprint density at radius 3 is 2.70 bits per heavy atom. The molecule has 7 heteroatoms. The standard InChI is InChI=1S/C13H16ClN3O3/c14-10-7-15-11(6-9(10)13(19)20)16-8-12(18)17-4-2-1-3-5-17/h6-7H,1-5,8H2,(H,15,16)(H,19,20). The number of anilines is 1. The summed E-state index contributed by atoms with van der Waals surface area (Å²) in [6.07, 6.45) is 4.50. The van der Waals surface area contributed by atoms with Gasteiger partial charge in [-0.3, -0.25) is 4.79 Å². The quantitative estimate of drug-likeness (QED) is 0.886. The Labute approximate surface area is 121 Å². The van der Waals surface area contributed by atoms with Crippen LogP contribution in [0, 0.1) is 0 Å². The van der Waals surface area contributed by atoms with E-state index in [1.807, 2.05) is 4.90 Å². The summed E-state index contributed by atoms with van der Waals surface area (Å²) >= 11 is 5.73. The van der Waals surface area contributed by atoms with Crippen molar-refractivity contribution in [3.63, 3.8) is 0 Å². The molecule has 0 atom stereocenters. The molecule has 6 nitrogen and oxygen atoms in total. The summed E-state index contributed by atoms with van der Waals surface area (Å²) in [5, 5.41) is 11.9. The number of rotatable bonds is 4. The Bertz CT molecular complexity index is 516. The average Bonchev–Trinajstić information content (AvgIpc) is 2.46. The van der Waals surface area contributed by atoms with Crippen LogP contribution in [0.2, 0.25) is 5.02 Å². The van der Waals surface area contributed by atoms with Crippen LogP contribution in [0.25, 0.3) is 0 Å². The first kappa shape index (κ1) is 14.6. The number of hydrogen-bond acceptors (Lipinski definition) is 4. The number of halogens is 1. The summed E-state index contributed by atoms with van der Waals surface area (Å²) in [4.78, 5) is 28.7. The normalized spacial score (nSPS) is 14.9. The van der Waals surface area contributed by atoms with Crippen LogP contribution < -0.4 is 5.32 Å². The Balaban J connectivity index is 1.95. The summed E-state index contributed by atoms with van der Waals surface area (Å²) in [6, 6.07) is 1.33. The number of carboxylic acids is 1. The zero-order chi connectivity index (χ0) is 14.5. The Morgan fingerprint density at radius 2 is 2.05 bits per heavy atom. The van der Waals surface area contributed by atoms with Gasteiger partial charge in [-0.25, -0.2) is 9.78 Å². The van der Waals surface area contributed by atoms with Crippen LogP contribution in [-0.4, -0.2) is 46.5 Å².